The van der Waals surface area contributed by atoms with E-state index in [1.54, 1.807) is 18.2 Å². The highest BCUT2D eigenvalue weighted by molar-refractivity contribution is 7.93. The molecule has 4 rings (SSSR count). The number of sulfone groups is 1. The smallest absolute Gasteiger partial charge is 0.249 e. The molecule has 2 aromatic rings. The third kappa shape index (κ3) is 3.95. The van der Waals surface area contributed by atoms with Crippen molar-refractivity contribution >= 4 is 25.8 Å². The maximum Gasteiger partial charge on any atom is 0.249 e. The molecule has 0 atom stereocenters. The van der Waals surface area contributed by atoms with E-state index in [2.05, 4.69) is 0 Å². The van der Waals surface area contributed by atoms with Crippen LogP contribution in [0.2, 0.25) is 0 Å². The van der Waals surface area contributed by atoms with Crippen LogP contribution < -0.4 is 0 Å². The maximum atomic E-state index is 14.1. The monoisotopic (exact) mass is 498 g/mol. The molecule has 1 amide bonds. The molecule has 1 saturated heterocycles. The molecule has 0 radical (unpaired) electrons. The standard InChI is InChI=1S/C22H24F2N2O5S2/c23-18-9-6-10-19(24)20(18)33(30,31)26-15-13-25(14-16-26)21(27)22(11-4-5-12-22)32(28,29)17-7-2-1-3-8-17/h1-3,6-10H,4-5,11-16H2. The molecule has 2 aromatic carbocycles. The van der Waals surface area contributed by atoms with Gasteiger partial charge in [-0.3, -0.25) is 4.79 Å². The summed E-state index contributed by atoms with van der Waals surface area (Å²) in [6.07, 6.45) is 1.58. The highest BCUT2D eigenvalue weighted by Gasteiger charge is 2.54. The van der Waals surface area contributed by atoms with Gasteiger partial charge in [-0.25, -0.2) is 25.6 Å². The molecule has 0 unspecified atom stereocenters. The summed E-state index contributed by atoms with van der Waals surface area (Å²) in [5.41, 5.74) is 0. The lowest BCUT2D eigenvalue weighted by Crippen LogP contribution is -2.58. The summed E-state index contributed by atoms with van der Waals surface area (Å²) >= 11 is 0. The predicted octanol–water partition coefficient (Wildman–Crippen LogP) is 2.58. The number of carbonyl (C=O) groups excluding carboxylic acids is 1. The van der Waals surface area contributed by atoms with Gasteiger partial charge in [-0.1, -0.05) is 37.1 Å². The van der Waals surface area contributed by atoms with Crippen molar-refractivity contribution < 1.29 is 30.4 Å². The summed E-state index contributed by atoms with van der Waals surface area (Å²) in [6.45, 7) is -0.521. The number of amides is 1. The topological polar surface area (TPSA) is 91.8 Å². The first kappa shape index (κ1) is 23.8. The van der Waals surface area contributed by atoms with Crippen molar-refractivity contribution in [3.05, 3.63) is 60.2 Å². The van der Waals surface area contributed by atoms with Gasteiger partial charge in [0.25, 0.3) is 0 Å². The molecule has 2 fully saturated rings. The van der Waals surface area contributed by atoms with Crippen molar-refractivity contribution in [3.63, 3.8) is 0 Å². The number of sulfonamides is 1. The van der Waals surface area contributed by atoms with E-state index in [0.717, 1.165) is 22.5 Å². The van der Waals surface area contributed by atoms with Gasteiger partial charge >= 0.3 is 0 Å². The van der Waals surface area contributed by atoms with Gasteiger partial charge in [0.15, 0.2) is 19.5 Å². The molecule has 1 heterocycles. The number of hydrogen-bond acceptors (Lipinski definition) is 5. The van der Waals surface area contributed by atoms with Crippen molar-refractivity contribution in [1.29, 1.82) is 0 Å². The molecular weight excluding hydrogens is 474 g/mol. The van der Waals surface area contributed by atoms with Gasteiger partial charge in [-0.15, -0.1) is 0 Å². The van der Waals surface area contributed by atoms with Crippen LogP contribution in [0, 0.1) is 11.6 Å². The Hall–Kier alpha value is -2.37. The maximum absolute atomic E-state index is 14.1. The molecule has 0 bridgehead atoms. The summed E-state index contributed by atoms with van der Waals surface area (Å²) in [4.78, 5) is 13.9. The van der Waals surface area contributed by atoms with E-state index in [1.165, 1.54) is 17.0 Å². The minimum absolute atomic E-state index is 0.0693. The minimum atomic E-state index is -4.45. The van der Waals surface area contributed by atoms with E-state index in [4.69, 9.17) is 0 Å². The Balaban J connectivity index is 1.57. The van der Waals surface area contributed by atoms with Crippen LogP contribution >= 0.6 is 0 Å². The van der Waals surface area contributed by atoms with Crippen LogP contribution in [0.1, 0.15) is 25.7 Å². The molecule has 1 aliphatic carbocycles. The summed E-state index contributed by atoms with van der Waals surface area (Å²) in [7, 11) is -8.42. The number of benzene rings is 2. The first-order chi connectivity index (χ1) is 15.6. The SMILES string of the molecule is O=C(N1CCN(S(=O)(=O)c2c(F)cccc2F)CC1)C1(S(=O)(=O)c2ccccc2)CCCC1. The van der Waals surface area contributed by atoms with Gasteiger partial charge in [0, 0.05) is 26.2 Å². The van der Waals surface area contributed by atoms with Crippen molar-refractivity contribution in [2.45, 2.75) is 40.2 Å². The van der Waals surface area contributed by atoms with Gasteiger partial charge in [0.1, 0.15) is 11.6 Å². The normalized spacial score (nSPS) is 19.5. The highest BCUT2D eigenvalue weighted by atomic mass is 32.2. The average molecular weight is 499 g/mol. The third-order valence-electron chi connectivity index (χ3n) is 6.41. The van der Waals surface area contributed by atoms with E-state index in [9.17, 15) is 30.4 Å². The molecule has 7 nitrogen and oxygen atoms in total. The Kier molecular flexibility index (Phi) is 6.32. The fourth-order valence-corrected chi connectivity index (χ4v) is 8.33. The van der Waals surface area contributed by atoms with Crippen LogP contribution in [-0.2, 0) is 24.7 Å². The zero-order chi connectivity index (χ0) is 23.9. The van der Waals surface area contributed by atoms with Crippen LogP contribution in [0.3, 0.4) is 0 Å². The van der Waals surface area contributed by atoms with E-state index in [-0.39, 0.29) is 43.9 Å². The molecule has 0 aromatic heterocycles. The molecule has 2 aliphatic rings. The third-order valence-corrected chi connectivity index (χ3v) is 10.9. The van der Waals surface area contributed by atoms with Crippen LogP contribution in [-0.4, -0.2) is 62.9 Å². The summed E-state index contributed by atoms with van der Waals surface area (Å²) < 4.78 is 80.1. The largest absolute Gasteiger partial charge is 0.339 e. The fourth-order valence-electron chi connectivity index (χ4n) is 4.65. The Bertz CT molecular complexity index is 1230. The quantitative estimate of drug-likeness (QED) is 0.632. The lowest BCUT2D eigenvalue weighted by molar-refractivity contribution is -0.135. The van der Waals surface area contributed by atoms with Gasteiger partial charge in [-0.2, -0.15) is 4.31 Å². The number of hydrogen-bond donors (Lipinski definition) is 0. The van der Waals surface area contributed by atoms with E-state index in [1.807, 2.05) is 0 Å². The Morgan fingerprint density at radius 3 is 1.88 bits per heavy atom. The molecule has 11 heteroatoms. The second-order valence-electron chi connectivity index (χ2n) is 8.26. The van der Waals surface area contributed by atoms with E-state index < -0.39 is 47.0 Å². The molecule has 178 valence electrons. The first-order valence-electron chi connectivity index (χ1n) is 10.6. The van der Waals surface area contributed by atoms with Crippen LogP contribution in [0.5, 0.6) is 0 Å². The molecule has 33 heavy (non-hydrogen) atoms. The van der Waals surface area contributed by atoms with E-state index in [0.29, 0.717) is 12.8 Å². The fraction of sp³-hybridized carbons (Fsp3) is 0.409. The lowest BCUT2D eigenvalue weighted by Gasteiger charge is -2.39. The summed E-state index contributed by atoms with van der Waals surface area (Å²) in [5.74, 6) is -2.92. The van der Waals surface area contributed by atoms with Crippen molar-refractivity contribution in [2.75, 3.05) is 26.2 Å². The second kappa shape index (κ2) is 8.77. The molecule has 0 N–H and O–H groups in total. The van der Waals surface area contributed by atoms with Gasteiger partial charge in [0.2, 0.25) is 15.9 Å². The summed E-state index contributed by atoms with van der Waals surface area (Å²) in [6, 6.07) is 10.7. The number of rotatable bonds is 5. The van der Waals surface area contributed by atoms with Crippen molar-refractivity contribution in [2.24, 2.45) is 0 Å². The van der Waals surface area contributed by atoms with Gasteiger partial charge < -0.3 is 4.90 Å². The first-order valence-corrected chi connectivity index (χ1v) is 13.6. The highest BCUT2D eigenvalue weighted by Crippen LogP contribution is 2.42. The van der Waals surface area contributed by atoms with Crippen molar-refractivity contribution in [1.82, 2.24) is 9.21 Å². The zero-order valence-electron chi connectivity index (χ0n) is 17.8. The minimum Gasteiger partial charge on any atom is -0.339 e. The van der Waals surface area contributed by atoms with Gasteiger partial charge in [0.05, 0.1) is 4.90 Å². The number of piperazine rings is 1. The van der Waals surface area contributed by atoms with Crippen molar-refractivity contribution in [3.8, 4) is 0 Å². The number of carbonyl (C=O) groups is 1. The van der Waals surface area contributed by atoms with E-state index >= 15 is 0 Å². The van der Waals surface area contributed by atoms with Crippen LogP contribution in [0.25, 0.3) is 0 Å². The Morgan fingerprint density at radius 1 is 0.788 bits per heavy atom. The zero-order valence-corrected chi connectivity index (χ0v) is 19.4. The average Bonchev–Trinajstić information content (AvgIpc) is 3.31. The summed E-state index contributed by atoms with van der Waals surface area (Å²) in [5, 5.41) is 0. The van der Waals surface area contributed by atoms with Gasteiger partial charge in [-0.05, 0) is 37.1 Å². The predicted molar refractivity (Wildman–Crippen MR) is 117 cm³/mol. The molecule has 0 spiro atoms. The lowest BCUT2D eigenvalue weighted by atomic mass is 10.0. The molecule has 1 aliphatic heterocycles. The number of halogens is 2. The Labute approximate surface area is 192 Å². The second-order valence-corrected chi connectivity index (χ2v) is 12.4. The van der Waals surface area contributed by atoms with Crippen LogP contribution in [0.4, 0.5) is 8.78 Å². The molecular formula is C22H24F2N2O5S2. The Morgan fingerprint density at radius 2 is 1.33 bits per heavy atom. The molecule has 1 saturated carbocycles. The number of nitrogens with zero attached hydrogens (tertiary/aromatic N) is 2. The van der Waals surface area contributed by atoms with Crippen LogP contribution in [0.15, 0.2) is 58.3 Å².